The number of piperazine rings is 1. The summed E-state index contributed by atoms with van der Waals surface area (Å²) in [6.07, 6.45) is 2.19. The minimum Gasteiger partial charge on any atom is -0.454 e. The van der Waals surface area contributed by atoms with Crippen LogP contribution in [0, 0.1) is 0 Å². The van der Waals surface area contributed by atoms with Gasteiger partial charge in [0.15, 0.2) is 5.76 Å². The zero-order chi connectivity index (χ0) is 21.8. The quantitative estimate of drug-likeness (QED) is 0.421. The number of aromatic nitrogens is 2. The molecule has 0 spiro atoms. The summed E-state index contributed by atoms with van der Waals surface area (Å²) in [4.78, 5) is 4.98. The molecule has 6 nitrogen and oxygen atoms in total. The highest BCUT2D eigenvalue weighted by atomic mass is 16.5. The van der Waals surface area contributed by atoms with E-state index in [1.165, 1.54) is 11.1 Å². The molecule has 166 valence electrons. The van der Waals surface area contributed by atoms with Crippen molar-refractivity contribution in [3.05, 3.63) is 78.0 Å². The molecule has 6 heteroatoms. The van der Waals surface area contributed by atoms with Gasteiger partial charge in [-0.2, -0.15) is 5.10 Å². The molecule has 1 fully saturated rings. The van der Waals surface area contributed by atoms with Crippen molar-refractivity contribution in [1.82, 2.24) is 19.6 Å². The van der Waals surface area contributed by atoms with E-state index in [9.17, 15) is 0 Å². The van der Waals surface area contributed by atoms with Gasteiger partial charge in [0.25, 0.3) is 0 Å². The van der Waals surface area contributed by atoms with E-state index in [-0.39, 0.29) is 0 Å². The van der Waals surface area contributed by atoms with Gasteiger partial charge in [0.2, 0.25) is 0 Å². The molecule has 2 aromatic heterocycles. The lowest BCUT2D eigenvalue weighted by molar-refractivity contribution is 0.0938. The van der Waals surface area contributed by atoms with Gasteiger partial charge in [0, 0.05) is 63.5 Å². The minimum atomic E-state index is 0.749. The Kier molecular flexibility index (Phi) is 6.34. The zero-order valence-electron chi connectivity index (χ0n) is 18.6. The van der Waals surface area contributed by atoms with Crippen LogP contribution in [0.5, 0.6) is 0 Å². The Hall–Kier alpha value is -2.93. The molecule has 1 aliphatic heterocycles. The van der Waals surface area contributed by atoms with Crippen LogP contribution in [-0.4, -0.2) is 66.0 Å². The molecule has 32 heavy (non-hydrogen) atoms. The second-order valence-corrected chi connectivity index (χ2v) is 8.45. The van der Waals surface area contributed by atoms with Crippen molar-refractivity contribution in [3.63, 3.8) is 0 Å². The van der Waals surface area contributed by atoms with Crippen LogP contribution in [0.2, 0.25) is 0 Å². The first-order chi connectivity index (χ1) is 15.8. The van der Waals surface area contributed by atoms with Gasteiger partial charge in [-0.3, -0.25) is 14.5 Å². The summed E-state index contributed by atoms with van der Waals surface area (Å²) in [5, 5.41) is 6.07. The van der Waals surface area contributed by atoms with Crippen LogP contribution in [0.4, 0.5) is 0 Å². The SMILES string of the molecule is COCCN1CCN(Cc2cn(Cc3ccccc3)nc2-c2cc3ccccc3o2)CC1. The Bertz CT molecular complexity index is 1110. The van der Waals surface area contributed by atoms with Crippen LogP contribution in [0.15, 0.2) is 71.3 Å². The molecule has 0 saturated carbocycles. The lowest BCUT2D eigenvalue weighted by atomic mass is 10.1. The highest BCUT2D eigenvalue weighted by molar-refractivity contribution is 5.82. The Labute approximate surface area is 189 Å². The molecule has 0 unspecified atom stereocenters. The maximum absolute atomic E-state index is 6.19. The van der Waals surface area contributed by atoms with Gasteiger partial charge >= 0.3 is 0 Å². The highest BCUT2D eigenvalue weighted by Gasteiger charge is 2.21. The summed E-state index contributed by atoms with van der Waals surface area (Å²) in [6.45, 7) is 7.66. The molecule has 2 aromatic carbocycles. The molecule has 0 radical (unpaired) electrons. The second-order valence-electron chi connectivity index (χ2n) is 8.45. The molecule has 0 bridgehead atoms. The van der Waals surface area contributed by atoms with Crippen LogP contribution >= 0.6 is 0 Å². The normalized spacial score (nSPS) is 15.5. The smallest absolute Gasteiger partial charge is 0.156 e. The summed E-state index contributed by atoms with van der Waals surface area (Å²) in [7, 11) is 1.77. The number of hydrogen-bond donors (Lipinski definition) is 0. The van der Waals surface area contributed by atoms with E-state index in [1.807, 2.05) is 28.9 Å². The van der Waals surface area contributed by atoms with E-state index in [1.54, 1.807) is 7.11 Å². The number of ether oxygens (including phenoxy) is 1. The van der Waals surface area contributed by atoms with Crippen molar-refractivity contribution in [2.24, 2.45) is 0 Å². The van der Waals surface area contributed by atoms with Crippen molar-refractivity contribution in [3.8, 4) is 11.5 Å². The predicted molar refractivity (Wildman–Crippen MR) is 127 cm³/mol. The van der Waals surface area contributed by atoms with Crippen LogP contribution in [0.1, 0.15) is 11.1 Å². The van der Waals surface area contributed by atoms with E-state index in [4.69, 9.17) is 14.3 Å². The Morgan fingerprint density at radius 2 is 1.66 bits per heavy atom. The fourth-order valence-corrected chi connectivity index (χ4v) is 4.37. The Morgan fingerprint density at radius 1 is 0.906 bits per heavy atom. The Balaban J connectivity index is 1.38. The molecule has 1 saturated heterocycles. The number of benzene rings is 2. The molecule has 5 rings (SSSR count). The van der Waals surface area contributed by atoms with E-state index >= 15 is 0 Å². The average Bonchev–Trinajstić information content (AvgIpc) is 3.43. The first-order valence-electron chi connectivity index (χ1n) is 11.3. The van der Waals surface area contributed by atoms with Crippen molar-refractivity contribution in [2.45, 2.75) is 13.1 Å². The fraction of sp³-hybridized carbons (Fsp3) is 0.346. The lowest BCUT2D eigenvalue weighted by Gasteiger charge is -2.34. The van der Waals surface area contributed by atoms with Crippen molar-refractivity contribution in [2.75, 3.05) is 46.4 Å². The molecular formula is C26H30N4O2. The summed E-state index contributed by atoms with van der Waals surface area (Å²) < 4.78 is 13.5. The first kappa shape index (κ1) is 20.9. The van der Waals surface area contributed by atoms with Crippen LogP contribution < -0.4 is 0 Å². The second kappa shape index (κ2) is 9.69. The summed E-state index contributed by atoms with van der Waals surface area (Å²) in [6, 6.07) is 20.7. The molecule has 4 aromatic rings. The summed E-state index contributed by atoms with van der Waals surface area (Å²) >= 11 is 0. The lowest BCUT2D eigenvalue weighted by Crippen LogP contribution is -2.46. The first-order valence-corrected chi connectivity index (χ1v) is 11.3. The fourth-order valence-electron chi connectivity index (χ4n) is 4.37. The van der Waals surface area contributed by atoms with Gasteiger partial charge < -0.3 is 9.15 Å². The van der Waals surface area contributed by atoms with E-state index in [2.05, 4.69) is 52.4 Å². The molecule has 0 amide bonds. The molecule has 3 heterocycles. The average molecular weight is 431 g/mol. The number of methoxy groups -OCH3 is 1. The molecule has 0 N–H and O–H groups in total. The topological polar surface area (TPSA) is 46.7 Å². The predicted octanol–water partition coefficient (Wildman–Crippen LogP) is 4.11. The molecule has 0 aliphatic carbocycles. The van der Waals surface area contributed by atoms with E-state index in [0.717, 1.165) is 74.8 Å². The van der Waals surface area contributed by atoms with Gasteiger partial charge in [-0.15, -0.1) is 0 Å². The molecular weight excluding hydrogens is 400 g/mol. The number of hydrogen-bond acceptors (Lipinski definition) is 5. The third-order valence-electron chi connectivity index (χ3n) is 6.15. The largest absolute Gasteiger partial charge is 0.454 e. The summed E-state index contributed by atoms with van der Waals surface area (Å²) in [5.74, 6) is 0.840. The third-order valence-corrected chi connectivity index (χ3v) is 6.15. The van der Waals surface area contributed by atoms with E-state index in [0.29, 0.717) is 0 Å². The number of fused-ring (bicyclic) bond motifs is 1. The monoisotopic (exact) mass is 430 g/mol. The Morgan fingerprint density at radius 3 is 2.44 bits per heavy atom. The van der Waals surface area contributed by atoms with Crippen LogP contribution in [-0.2, 0) is 17.8 Å². The molecule has 1 aliphatic rings. The number of rotatable bonds is 8. The number of nitrogens with zero attached hydrogens (tertiary/aromatic N) is 4. The standard InChI is InChI=1S/C26H30N4O2/c1-31-16-15-28-11-13-29(14-12-28)19-23-20-30(18-21-7-3-2-4-8-21)27-26(23)25-17-22-9-5-6-10-24(22)32-25/h2-10,17,20H,11-16,18-19H2,1H3. The summed E-state index contributed by atoms with van der Waals surface area (Å²) in [5.41, 5.74) is 4.30. The van der Waals surface area contributed by atoms with Crippen molar-refractivity contribution < 1.29 is 9.15 Å². The molecule has 0 atom stereocenters. The van der Waals surface area contributed by atoms with Crippen molar-refractivity contribution in [1.29, 1.82) is 0 Å². The van der Waals surface area contributed by atoms with Gasteiger partial charge in [0.05, 0.1) is 13.2 Å². The number of furan rings is 1. The zero-order valence-corrected chi connectivity index (χ0v) is 18.6. The van der Waals surface area contributed by atoms with Gasteiger partial charge in [0.1, 0.15) is 11.3 Å². The van der Waals surface area contributed by atoms with Gasteiger partial charge in [-0.05, 0) is 17.7 Å². The van der Waals surface area contributed by atoms with Gasteiger partial charge in [-0.25, -0.2) is 0 Å². The minimum absolute atomic E-state index is 0.749. The maximum atomic E-state index is 6.19. The van der Waals surface area contributed by atoms with Gasteiger partial charge in [-0.1, -0.05) is 48.5 Å². The number of para-hydroxylation sites is 1. The third kappa shape index (κ3) is 4.78. The maximum Gasteiger partial charge on any atom is 0.156 e. The highest BCUT2D eigenvalue weighted by Crippen LogP contribution is 2.30. The van der Waals surface area contributed by atoms with E-state index < -0.39 is 0 Å². The van der Waals surface area contributed by atoms with Crippen LogP contribution in [0.3, 0.4) is 0 Å². The van der Waals surface area contributed by atoms with Crippen molar-refractivity contribution >= 4 is 11.0 Å². The van der Waals surface area contributed by atoms with Crippen LogP contribution in [0.25, 0.3) is 22.4 Å².